The van der Waals surface area contributed by atoms with Crippen LogP contribution in [0.2, 0.25) is 0 Å². The molecule has 0 spiro atoms. The summed E-state index contributed by atoms with van der Waals surface area (Å²) in [6, 6.07) is 0.414. The van der Waals surface area contributed by atoms with E-state index in [2.05, 4.69) is 26.1 Å². The molecule has 1 heterocycles. The van der Waals surface area contributed by atoms with Crippen LogP contribution in [0.4, 0.5) is 0 Å². The van der Waals surface area contributed by atoms with Gasteiger partial charge in [0.25, 0.3) is 0 Å². The van der Waals surface area contributed by atoms with Crippen molar-refractivity contribution in [2.45, 2.75) is 59.1 Å². The van der Waals surface area contributed by atoms with Gasteiger partial charge < -0.3 is 10.1 Å². The van der Waals surface area contributed by atoms with E-state index in [1.54, 1.807) is 0 Å². The Morgan fingerprint density at radius 1 is 1.37 bits per heavy atom. The standard InChI is InChI=1S/C14H29NO3S/c1-5-9-19(16,17)10-7-14(11-15-12(2)3)6-8-18-13(14)4/h12-13,15H,5-11H2,1-4H3. The lowest BCUT2D eigenvalue weighted by atomic mass is 9.79. The molecule has 0 aliphatic carbocycles. The molecule has 0 amide bonds. The third-order valence-corrected chi connectivity index (χ3v) is 5.98. The van der Waals surface area contributed by atoms with Crippen molar-refractivity contribution in [2.75, 3.05) is 24.7 Å². The van der Waals surface area contributed by atoms with Gasteiger partial charge in [-0.2, -0.15) is 0 Å². The highest BCUT2D eigenvalue weighted by molar-refractivity contribution is 7.91. The summed E-state index contributed by atoms with van der Waals surface area (Å²) in [6.07, 6.45) is 2.49. The minimum Gasteiger partial charge on any atom is -0.378 e. The Kier molecular flexibility index (Phi) is 6.27. The predicted molar refractivity (Wildman–Crippen MR) is 79.2 cm³/mol. The predicted octanol–water partition coefficient (Wildman–Crippen LogP) is 1.99. The van der Waals surface area contributed by atoms with Gasteiger partial charge in [-0.25, -0.2) is 8.42 Å². The van der Waals surface area contributed by atoms with Crippen LogP contribution in [0.5, 0.6) is 0 Å². The molecule has 0 bridgehead atoms. The smallest absolute Gasteiger partial charge is 0.150 e. The third kappa shape index (κ3) is 5.04. The van der Waals surface area contributed by atoms with E-state index in [4.69, 9.17) is 4.74 Å². The maximum absolute atomic E-state index is 11.9. The van der Waals surface area contributed by atoms with Crippen LogP contribution in [0, 0.1) is 5.41 Å². The lowest BCUT2D eigenvalue weighted by Crippen LogP contribution is -2.43. The second kappa shape index (κ2) is 7.04. The van der Waals surface area contributed by atoms with Crippen molar-refractivity contribution in [1.29, 1.82) is 0 Å². The van der Waals surface area contributed by atoms with E-state index >= 15 is 0 Å². The van der Waals surface area contributed by atoms with Crippen molar-refractivity contribution >= 4 is 9.84 Å². The Labute approximate surface area is 118 Å². The van der Waals surface area contributed by atoms with E-state index < -0.39 is 9.84 Å². The molecule has 5 heteroatoms. The van der Waals surface area contributed by atoms with Crippen molar-refractivity contribution in [2.24, 2.45) is 5.41 Å². The van der Waals surface area contributed by atoms with E-state index in [9.17, 15) is 8.42 Å². The lowest BCUT2D eigenvalue weighted by Gasteiger charge is -2.33. The molecule has 0 aromatic rings. The van der Waals surface area contributed by atoms with E-state index in [0.717, 1.165) is 19.6 Å². The highest BCUT2D eigenvalue weighted by Crippen LogP contribution is 2.38. The van der Waals surface area contributed by atoms with E-state index in [1.165, 1.54) is 0 Å². The molecule has 1 fully saturated rings. The minimum absolute atomic E-state index is 0.0227. The first kappa shape index (κ1) is 16.9. The molecule has 0 aromatic heterocycles. The van der Waals surface area contributed by atoms with E-state index in [1.807, 2.05) is 6.92 Å². The normalized spacial score (nSPS) is 28.2. The van der Waals surface area contributed by atoms with Gasteiger partial charge >= 0.3 is 0 Å². The third-order valence-electron chi connectivity index (χ3n) is 4.12. The SMILES string of the molecule is CCCS(=O)(=O)CCC1(CNC(C)C)CCOC1C. The fraction of sp³-hybridized carbons (Fsp3) is 1.00. The number of nitrogens with one attached hydrogen (secondary N) is 1. The topological polar surface area (TPSA) is 55.4 Å². The average Bonchev–Trinajstić information content (AvgIpc) is 2.66. The fourth-order valence-electron chi connectivity index (χ4n) is 2.65. The van der Waals surface area contributed by atoms with Crippen LogP contribution < -0.4 is 5.32 Å². The Hall–Kier alpha value is -0.130. The molecule has 1 rings (SSSR count). The summed E-state index contributed by atoms with van der Waals surface area (Å²) in [5.41, 5.74) is -0.0227. The summed E-state index contributed by atoms with van der Waals surface area (Å²) >= 11 is 0. The first-order valence-electron chi connectivity index (χ1n) is 7.37. The summed E-state index contributed by atoms with van der Waals surface area (Å²) in [6.45, 7) is 9.79. The second-order valence-electron chi connectivity index (χ2n) is 6.06. The largest absolute Gasteiger partial charge is 0.378 e. The van der Waals surface area contributed by atoms with E-state index in [-0.39, 0.29) is 17.3 Å². The van der Waals surface area contributed by atoms with Crippen LogP contribution in [0.3, 0.4) is 0 Å². The Balaban J connectivity index is 2.65. The highest BCUT2D eigenvalue weighted by atomic mass is 32.2. The molecular weight excluding hydrogens is 262 g/mol. The molecule has 4 nitrogen and oxygen atoms in total. The lowest BCUT2D eigenvalue weighted by molar-refractivity contribution is 0.0604. The Morgan fingerprint density at radius 2 is 2.05 bits per heavy atom. The quantitative estimate of drug-likeness (QED) is 0.743. The van der Waals surface area contributed by atoms with Gasteiger partial charge in [0.05, 0.1) is 11.9 Å². The Bertz CT molecular complexity index is 367. The maximum Gasteiger partial charge on any atom is 0.150 e. The summed E-state index contributed by atoms with van der Waals surface area (Å²) in [5.74, 6) is 0.588. The van der Waals surface area contributed by atoms with Crippen molar-refractivity contribution in [3.05, 3.63) is 0 Å². The van der Waals surface area contributed by atoms with Crippen LogP contribution in [0.25, 0.3) is 0 Å². The molecule has 1 saturated heterocycles. The first-order valence-corrected chi connectivity index (χ1v) is 9.19. The van der Waals surface area contributed by atoms with Crippen molar-refractivity contribution in [3.63, 3.8) is 0 Å². The van der Waals surface area contributed by atoms with E-state index in [0.29, 0.717) is 24.6 Å². The molecule has 19 heavy (non-hydrogen) atoms. The van der Waals surface area contributed by atoms with Crippen LogP contribution in [0.1, 0.15) is 47.0 Å². The van der Waals surface area contributed by atoms with Crippen molar-refractivity contribution in [1.82, 2.24) is 5.32 Å². The summed E-state index contributed by atoms with van der Waals surface area (Å²) < 4.78 is 29.5. The van der Waals surface area contributed by atoms with Gasteiger partial charge in [-0.3, -0.25) is 0 Å². The van der Waals surface area contributed by atoms with Crippen molar-refractivity contribution in [3.8, 4) is 0 Å². The van der Waals surface area contributed by atoms with Gasteiger partial charge in [0.2, 0.25) is 0 Å². The summed E-state index contributed by atoms with van der Waals surface area (Å²) in [4.78, 5) is 0. The minimum atomic E-state index is -2.90. The monoisotopic (exact) mass is 291 g/mol. The molecule has 114 valence electrons. The summed E-state index contributed by atoms with van der Waals surface area (Å²) in [7, 11) is -2.90. The average molecular weight is 291 g/mol. The maximum atomic E-state index is 11.9. The van der Waals surface area contributed by atoms with Crippen molar-refractivity contribution < 1.29 is 13.2 Å². The summed E-state index contributed by atoms with van der Waals surface area (Å²) in [5, 5.41) is 3.45. The van der Waals surface area contributed by atoms with Gasteiger partial charge in [0.15, 0.2) is 0 Å². The van der Waals surface area contributed by atoms with Crippen LogP contribution >= 0.6 is 0 Å². The molecule has 0 saturated carbocycles. The number of rotatable bonds is 8. The van der Waals surface area contributed by atoms with Crippen LogP contribution in [-0.2, 0) is 14.6 Å². The number of hydrogen-bond donors (Lipinski definition) is 1. The van der Waals surface area contributed by atoms with Crippen LogP contribution in [0.15, 0.2) is 0 Å². The molecule has 1 aliphatic heterocycles. The van der Waals surface area contributed by atoms with Crippen LogP contribution in [-0.4, -0.2) is 45.2 Å². The van der Waals surface area contributed by atoms with Gasteiger partial charge in [0.1, 0.15) is 9.84 Å². The molecule has 0 aromatic carbocycles. The number of hydrogen-bond acceptors (Lipinski definition) is 4. The molecule has 0 radical (unpaired) electrons. The number of sulfone groups is 1. The zero-order chi connectivity index (χ0) is 14.5. The van der Waals surface area contributed by atoms with Gasteiger partial charge in [-0.05, 0) is 26.2 Å². The zero-order valence-corrected chi connectivity index (χ0v) is 13.6. The fourth-order valence-corrected chi connectivity index (χ4v) is 4.19. The second-order valence-corrected chi connectivity index (χ2v) is 8.37. The molecule has 2 unspecified atom stereocenters. The molecular formula is C14H29NO3S. The number of ether oxygens (including phenoxy) is 1. The van der Waals surface area contributed by atoms with Gasteiger partial charge in [-0.1, -0.05) is 20.8 Å². The van der Waals surface area contributed by atoms with Gasteiger partial charge in [-0.15, -0.1) is 0 Å². The highest BCUT2D eigenvalue weighted by Gasteiger charge is 2.41. The molecule has 1 N–H and O–H groups in total. The first-order chi connectivity index (χ1) is 8.81. The molecule has 1 aliphatic rings. The zero-order valence-electron chi connectivity index (χ0n) is 12.7. The Morgan fingerprint density at radius 3 is 2.53 bits per heavy atom. The van der Waals surface area contributed by atoms with Gasteiger partial charge in [0, 0.05) is 30.4 Å². The molecule has 2 atom stereocenters.